The molecule has 8 nitrogen and oxygen atoms in total. The number of halogens is 1. The summed E-state index contributed by atoms with van der Waals surface area (Å²) in [5, 5.41) is 2.50. The number of nitrogens with one attached hydrogen (secondary N) is 1. The van der Waals surface area contributed by atoms with E-state index in [4.69, 9.17) is 4.74 Å². The first-order valence-electron chi connectivity index (χ1n) is 11.5. The van der Waals surface area contributed by atoms with Crippen molar-refractivity contribution in [3.8, 4) is 5.69 Å². The summed E-state index contributed by atoms with van der Waals surface area (Å²) in [6, 6.07) is 16.5. The summed E-state index contributed by atoms with van der Waals surface area (Å²) in [7, 11) is -4.08. The Bertz CT molecular complexity index is 1640. The Balaban J connectivity index is 1.98. The van der Waals surface area contributed by atoms with Crippen LogP contribution >= 0.6 is 0 Å². The highest BCUT2D eigenvalue weighted by molar-refractivity contribution is 7.91. The Kier molecular flexibility index (Phi) is 6.88. The minimum absolute atomic E-state index is 0.0169. The number of aromatic nitrogens is 2. The SMILES string of the molecule is C[C@H](NC(=O)OC(C)(C)C)c1nc2cccc(S(=O)(=O)c3ccccc3)c2c(=O)n1-c1cccc(F)c1. The predicted molar refractivity (Wildman–Crippen MR) is 137 cm³/mol. The van der Waals surface area contributed by atoms with Gasteiger partial charge in [0.15, 0.2) is 0 Å². The molecule has 0 aliphatic carbocycles. The van der Waals surface area contributed by atoms with E-state index in [1.165, 1.54) is 48.5 Å². The van der Waals surface area contributed by atoms with Gasteiger partial charge in [-0.15, -0.1) is 0 Å². The molecular weight excluding hydrogens is 497 g/mol. The fraction of sp³-hybridized carbons (Fsp3) is 0.222. The Labute approximate surface area is 213 Å². The van der Waals surface area contributed by atoms with Crippen molar-refractivity contribution in [1.29, 1.82) is 0 Å². The molecule has 0 fully saturated rings. The minimum atomic E-state index is -4.08. The summed E-state index contributed by atoms with van der Waals surface area (Å²) in [5.74, 6) is -0.531. The van der Waals surface area contributed by atoms with Crippen molar-refractivity contribution in [3.63, 3.8) is 0 Å². The van der Waals surface area contributed by atoms with Gasteiger partial charge >= 0.3 is 6.09 Å². The van der Waals surface area contributed by atoms with E-state index in [1.807, 2.05) is 0 Å². The van der Waals surface area contributed by atoms with Gasteiger partial charge in [0.1, 0.15) is 17.2 Å². The summed E-state index contributed by atoms with van der Waals surface area (Å²) in [5.41, 5.74) is -1.25. The molecule has 1 atom stereocenters. The van der Waals surface area contributed by atoms with Gasteiger partial charge in [-0.3, -0.25) is 9.36 Å². The Hall–Kier alpha value is -4.05. The molecule has 37 heavy (non-hydrogen) atoms. The van der Waals surface area contributed by atoms with Crippen LogP contribution in [0.25, 0.3) is 16.6 Å². The molecule has 10 heteroatoms. The summed E-state index contributed by atoms with van der Waals surface area (Å²) in [6.07, 6.45) is -0.736. The molecule has 3 aromatic carbocycles. The standard InChI is InChI=1S/C27H26FN3O5S/c1-17(29-26(33)36-27(2,3)4)24-30-21-14-9-15-22(37(34,35)20-12-6-5-7-13-20)23(21)25(32)31(24)19-11-8-10-18(28)16-19/h5-17H,1-4H3,(H,29,33)/t17-/m0/s1. The second kappa shape index (κ2) is 9.78. The smallest absolute Gasteiger partial charge is 0.408 e. The molecule has 1 amide bonds. The van der Waals surface area contributed by atoms with Crippen molar-refractivity contribution >= 4 is 26.8 Å². The molecule has 0 bridgehead atoms. The molecule has 0 aliphatic rings. The second-order valence-electron chi connectivity index (χ2n) is 9.43. The van der Waals surface area contributed by atoms with E-state index in [0.717, 1.165) is 10.6 Å². The molecule has 4 rings (SSSR count). The van der Waals surface area contributed by atoms with Crippen LogP contribution < -0.4 is 10.9 Å². The second-order valence-corrected chi connectivity index (χ2v) is 11.3. The fourth-order valence-corrected chi connectivity index (χ4v) is 5.36. The van der Waals surface area contributed by atoms with Crippen molar-refractivity contribution in [3.05, 3.63) is 94.8 Å². The number of ether oxygens (including phenoxy) is 1. The van der Waals surface area contributed by atoms with Gasteiger partial charge in [0.2, 0.25) is 9.84 Å². The third kappa shape index (κ3) is 5.39. The lowest BCUT2D eigenvalue weighted by atomic mass is 10.2. The summed E-state index contributed by atoms with van der Waals surface area (Å²) in [4.78, 5) is 30.8. The van der Waals surface area contributed by atoms with E-state index in [2.05, 4.69) is 10.3 Å². The zero-order valence-electron chi connectivity index (χ0n) is 20.7. The maximum atomic E-state index is 14.2. The zero-order valence-corrected chi connectivity index (χ0v) is 21.5. The first kappa shape index (κ1) is 26.0. The molecular formula is C27H26FN3O5S. The van der Waals surface area contributed by atoms with Gasteiger partial charge < -0.3 is 10.1 Å². The topological polar surface area (TPSA) is 107 Å². The summed E-state index contributed by atoms with van der Waals surface area (Å²) >= 11 is 0. The fourth-order valence-electron chi connectivity index (χ4n) is 3.87. The third-order valence-electron chi connectivity index (χ3n) is 5.42. The normalized spacial score (nSPS) is 12.8. The average Bonchev–Trinajstić information content (AvgIpc) is 2.82. The number of carbonyl (C=O) groups excluding carboxylic acids is 1. The molecule has 1 aromatic heterocycles. The lowest BCUT2D eigenvalue weighted by Crippen LogP contribution is -2.37. The van der Waals surface area contributed by atoms with Crippen molar-refractivity contribution in [1.82, 2.24) is 14.9 Å². The van der Waals surface area contributed by atoms with Crippen LogP contribution in [0.5, 0.6) is 0 Å². The minimum Gasteiger partial charge on any atom is -0.444 e. The number of alkyl carbamates (subject to hydrolysis) is 1. The molecule has 0 saturated carbocycles. The van der Waals surface area contributed by atoms with Crippen LogP contribution in [0.2, 0.25) is 0 Å². The Morgan fingerprint density at radius 1 is 1.03 bits per heavy atom. The largest absolute Gasteiger partial charge is 0.444 e. The molecule has 0 unspecified atom stereocenters. The average molecular weight is 524 g/mol. The van der Waals surface area contributed by atoms with Crippen LogP contribution in [-0.2, 0) is 14.6 Å². The van der Waals surface area contributed by atoms with Crippen molar-refractivity contribution in [2.24, 2.45) is 0 Å². The number of rotatable bonds is 5. The molecule has 0 spiro atoms. The summed E-state index contributed by atoms with van der Waals surface area (Å²) < 4.78 is 47.6. The van der Waals surface area contributed by atoms with Crippen molar-refractivity contribution < 1.29 is 22.3 Å². The number of fused-ring (bicyclic) bond motifs is 1. The third-order valence-corrected chi connectivity index (χ3v) is 7.23. The number of sulfone groups is 1. The number of hydrogen-bond donors (Lipinski definition) is 1. The highest BCUT2D eigenvalue weighted by Gasteiger charge is 2.27. The zero-order chi connectivity index (χ0) is 27.0. The highest BCUT2D eigenvalue weighted by Crippen LogP contribution is 2.27. The molecule has 1 N–H and O–H groups in total. The highest BCUT2D eigenvalue weighted by atomic mass is 32.2. The Morgan fingerprint density at radius 3 is 2.35 bits per heavy atom. The van der Waals surface area contributed by atoms with Crippen LogP contribution in [0.15, 0.2) is 87.4 Å². The van der Waals surface area contributed by atoms with E-state index < -0.39 is 38.9 Å². The number of hydrogen-bond acceptors (Lipinski definition) is 6. The molecule has 0 radical (unpaired) electrons. The lowest BCUT2D eigenvalue weighted by Gasteiger charge is -2.23. The van der Waals surface area contributed by atoms with Crippen LogP contribution in [0.4, 0.5) is 9.18 Å². The maximum Gasteiger partial charge on any atom is 0.408 e. The molecule has 0 aliphatic heterocycles. The molecule has 0 saturated heterocycles. The van der Waals surface area contributed by atoms with E-state index in [9.17, 15) is 22.4 Å². The van der Waals surface area contributed by atoms with Gasteiger partial charge in [0.25, 0.3) is 5.56 Å². The summed E-state index contributed by atoms with van der Waals surface area (Å²) in [6.45, 7) is 6.73. The van der Waals surface area contributed by atoms with Gasteiger partial charge in [0.05, 0.1) is 32.4 Å². The van der Waals surface area contributed by atoms with Crippen molar-refractivity contribution in [2.45, 2.75) is 49.1 Å². The number of benzene rings is 3. The molecule has 4 aromatic rings. The lowest BCUT2D eigenvalue weighted by molar-refractivity contribution is 0.0505. The van der Waals surface area contributed by atoms with Crippen LogP contribution in [0.3, 0.4) is 0 Å². The van der Waals surface area contributed by atoms with Crippen molar-refractivity contribution in [2.75, 3.05) is 0 Å². The van der Waals surface area contributed by atoms with Gasteiger partial charge in [0, 0.05) is 0 Å². The van der Waals surface area contributed by atoms with Gasteiger partial charge in [-0.25, -0.2) is 22.6 Å². The van der Waals surface area contributed by atoms with E-state index in [1.54, 1.807) is 45.9 Å². The van der Waals surface area contributed by atoms with Crippen LogP contribution in [-0.4, -0.2) is 29.7 Å². The van der Waals surface area contributed by atoms with Gasteiger partial charge in [-0.2, -0.15) is 0 Å². The van der Waals surface area contributed by atoms with E-state index >= 15 is 0 Å². The van der Waals surface area contributed by atoms with Crippen LogP contribution in [0, 0.1) is 5.82 Å². The molecule has 192 valence electrons. The maximum absolute atomic E-state index is 14.2. The number of nitrogens with zero attached hydrogens (tertiary/aromatic N) is 2. The Morgan fingerprint density at radius 2 is 1.70 bits per heavy atom. The quantitative estimate of drug-likeness (QED) is 0.397. The number of carbonyl (C=O) groups is 1. The van der Waals surface area contributed by atoms with Gasteiger partial charge in [-0.05, 0) is 70.2 Å². The van der Waals surface area contributed by atoms with Gasteiger partial charge in [-0.1, -0.05) is 30.3 Å². The van der Waals surface area contributed by atoms with Crippen LogP contribution in [0.1, 0.15) is 39.6 Å². The van der Waals surface area contributed by atoms with E-state index in [-0.39, 0.29) is 32.2 Å². The number of amides is 1. The predicted octanol–water partition coefficient (Wildman–Crippen LogP) is 4.94. The molecule has 1 heterocycles. The van der Waals surface area contributed by atoms with E-state index in [0.29, 0.717) is 0 Å². The first-order chi connectivity index (χ1) is 17.4. The first-order valence-corrected chi connectivity index (χ1v) is 13.0. The monoisotopic (exact) mass is 523 g/mol.